The lowest BCUT2D eigenvalue weighted by Crippen LogP contribution is -2.33. The quantitative estimate of drug-likeness (QED) is 0.720. The first-order chi connectivity index (χ1) is 6.76. The molecule has 0 bridgehead atoms. The lowest BCUT2D eigenvalue weighted by Gasteiger charge is -2.22. The highest BCUT2D eigenvalue weighted by Gasteiger charge is 2.08. The fourth-order valence-corrected chi connectivity index (χ4v) is 1.99. The fraction of sp³-hybridized carbons (Fsp3) is 0.636. The van der Waals surface area contributed by atoms with Crippen LogP contribution >= 0.6 is 11.3 Å². The number of hydrogen-bond acceptors (Lipinski definition) is 3. The van der Waals surface area contributed by atoms with Gasteiger partial charge in [-0.15, -0.1) is 11.3 Å². The van der Waals surface area contributed by atoms with Crippen molar-refractivity contribution in [3.05, 3.63) is 16.8 Å². The Bertz CT molecular complexity index is 231. The summed E-state index contributed by atoms with van der Waals surface area (Å²) in [6, 6.07) is 2.02. The average Bonchev–Trinajstić information content (AvgIpc) is 2.66. The molecular weight excluding hydrogens is 194 g/mol. The second kappa shape index (κ2) is 6.04. The number of likely N-dealkylation sites (N-methyl/N-ethyl adjacent to an activating group) is 1. The summed E-state index contributed by atoms with van der Waals surface area (Å²) in [6.07, 6.45) is 0.268. The monoisotopic (exact) mass is 213 g/mol. The second-order valence-electron chi connectivity index (χ2n) is 3.37. The Kier molecular flexibility index (Phi) is 4.98. The third kappa shape index (κ3) is 3.68. The fourth-order valence-electron chi connectivity index (χ4n) is 1.43. The minimum absolute atomic E-state index is 0.268. The van der Waals surface area contributed by atoms with Gasteiger partial charge in [0.15, 0.2) is 0 Å². The summed E-state index contributed by atoms with van der Waals surface area (Å²) in [6.45, 7) is 9.67. The average molecular weight is 213 g/mol. The van der Waals surface area contributed by atoms with Gasteiger partial charge in [-0.1, -0.05) is 13.8 Å². The van der Waals surface area contributed by atoms with E-state index in [1.54, 1.807) is 11.3 Å². The largest absolute Gasteiger partial charge is 0.489 e. The molecule has 14 heavy (non-hydrogen) atoms. The molecule has 0 saturated carbocycles. The van der Waals surface area contributed by atoms with Gasteiger partial charge in [0.2, 0.25) is 0 Å². The molecule has 0 saturated heterocycles. The van der Waals surface area contributed by atoms with Crippen molar-refractivity contribution in [1.82, 2.24) is 4.90 Å². The van der Waals surface area contributed by atoms with Crippen LogP contribution in [0.1, 0.15) is 20.8 Å². The topological polar surface area (TPSA) is 12.5 Å². The molecule has 0 aliphatic carbocycles. The van der Waals surface area contributed by atoms with Gasteiger partial charge in [-0.05, 0) is 31.5 Å². The van der Waals surface area contributed by atoms with Gasteiger partial charge in [-0.2, -0.15) is 0 Å². The molecule has 3 heteroatoms. The summed E-state index contributed by atoms with van der Waals surface area (Å²) >= 11 is 1.67. The minimum atomic E-state index is 0.268. The zero-order chi connectivity index (χ0) is 10.4. The lowest BCUT2D eigenvalue weighted by atomic mass is 10.3. The molecule has 1 aromatic heterocycles. The van der Waals surface area contributed by atoms with E-state index in [4.69, 9.17) is 4.74 Å². The van der Waals surface area contributed by atoms with E-state index in [9.17, 15) is 0 Å². The number of hydrogen-bond donors (Lipinski definition) is 0. The third-order valence-corrected chi connectivity index (χ3v) is 2.90. The van der Waals surface area contributed by atoms with E-state index in [0.29, 0.717) is 0 Å². The van der Waals surface area contributed by atoms with Gasteiger partial charge >= 0.3 is 0 Å². The molecule has 0 aromatic carbocycles. The van der Waals surface area contributed by atoms with Crippen molar-refractivity contribution in [2.24, 2.45) is 0 Å². The molecule has 0 aliphatic heterocycles. The van der Waals surface area contributed by atoms with Crippen LogP contribution in [0.5, 0.6) is 5.75 Å². The van der Waals surface area contributed by atoms with Gasteiger partial charge in [0, 0.05) is 11.9 Å². The molecule has 2 nitrogen and oxygen atoms in total. The molecule has 0 aliphatic rings. The molecular formula is C11H19NOS. The Labute approximate surface area is 90.5 Å². The molecule has 0 spiro atoms. The Morgan fingerprint density at radius 2 is 2.14 bits per heavy atom. The van der Waals surface area contributed by atoms with Gasteiger partial charge in [0.05, 0.1) is 0 Å². The highest BCUT2D eigenvalue weighted by Crippen LogP contribution is 2.16. The maximum atomic E-state index is 5.76. The zero-order valence-corrected chi connectivity index (χ0v) is 10.0. The molecule has 1 aromatic rings. The predicted octanol–water partition coefficient (Wildman–Crippen LogP) is 2.86. The Morgan fingerprint density at radius 3 is 2.64 bits per heavy atom. The van der Waals surface area contributed by atoms with Crippen molar-refractivity contribution in [3.8, 4) is 5.75 Å². The van der Waals surface area contributed by atoms with E-state index in [1.165, 1.54) is 0 Å². The van der Waals surface area contributed by atoms with Gasteiger partial charge < -0.3 is 9.64 Å². The molecule has 1 unspecified atom stereocenters. The van der Waals surface area contributed by atoms with Crippen molar-refractivity contribution in [2.75, 3.05) is 19.6 Å². The Morgan fingerprint density at radius 1 is 1.43 bits per heavy atom. The van der Waals surface area contributed by atoms with Crippen molar-refractivity contribution in [3.63, 3.8) is 0 Å². The zero-order valence-electron chi connectivity index (χ0n) is 9.19. The molecule has 0 N–H and O–H groups in total. The van der Waals surface area contributed by atoms with Crippen LogP contribution in [0.3, 0.4) is 0 Å². The van der Waals surface area contributed by atoms with Gasteiger partial charge in [-0.25, -0.2) is 0 Å². The summed E-state index contributed by atoms with van der Waals surface area (Å²) in [4.78, 5) is 2.37. The van der Waals surface area contributed by atoms with E-state index < -0.39 is 0 Å². The van der Waals surface area contributed by atoms with Crippen molar-refractivity contribution < 1.29 is 4.74 Å². The van der Waals surface area contributed by atoms with E-state index >= 15 is 0 Å². The molecule has 0 fully saturated rings. The first-order valence-corrected chi connectivity index (χ1v) is 6.11. The smallest absolute Gasteiger partial charge is 0.130 e. The highest BCUT2D eigenvalue weighted by molar-refractivity contribution is 7.08. The van der Waals surface area contributed by atoms with Crippen LogP contribution in [0.2, 0.25) is 0 Å². The lowest BCUT2D eigenvalue weighted by molar-refractivity contribution is 0.153. The van der Waals surface area contributed by atoms with Crippen molar-refractivity contribution >= 4 is 11.3 Å². The second-order valence-corrected chi connectivity index (χ2v) is 4.15. The van der Waals surface area contributed by atoms with Crippen LogP contribution in [0.25, 0.3) is 0 Å². The molecule has 80 valence electrons. The van der Waals surface area contributed by atoms with E-state index in [-0.39, 0.29) is 6.10 Å². The first kappa shape index (κ1) is 11.5. The number of ether oxygens (including phenoxy) is 1. The molecule has 1 rings (SSSR count). The molecule has 0 amide bonds. The normalized spacial score (nSPS) is 13.1. The summed E-state index contributed by atoms with van der Waals surface area (Å²) < 4.78 is 5.76. The van der Waals surface area contributed by atoms with Gasteiger partial charge in [0.25, 0.3) is 0 Å². The van der Waals surface area contributed by atoms with Crippen LogP contribution in [-0.4, -0.2) is 30.6 Å². The summed E-state index contributed by atoms with van der Waals surface area (Å²) in [5, 5.41) is 4.08. The highest BCUT2D eigenvalue weighted by atomic mass is 32.1. The van der Waals surface area contributed by atoms with Crippen molar-refractivity contribution in [2.45, 2.75) is 26.9 Å². The van der Waals surface area contributed by atoms with Gasteiger partial charge in [0.1, 0.15) is 11.9 Å². The van der Waals surface area contributed by atoms with Gasteiger partial charge in [-0.3, -0.25) is 0 Å². The number of thiophene rings is 1. The van der Waals surface area contributed by atoms with Crippen LogP contribution in [0, 0.1) is 0 Å². The first-order valence-electron chi connectivity index (χ1n) is 5.17. The molecule has 0 radical (unpaired) electrons. The van der Waals surface area contributed by atoms with E-state index in [1.807, 2.05) is 16.8 Å². The third-order valence-electron chi connectivity index (χ3n) is 2.24. The van der Waals surface area contributed by atoms with Crippen molar-refractivity contribution in [1.29, 1.82) is 0 Å². The van der Waals surface area contributed by atoms with Crippen LogP contribution in [0.15, 0.2) is 16.8 Å². The maximum Gasteiger partial charge on any atom is 0.130 e. The van der Waals surface area contributed by atoms with E-state index in [2.05, 4.69) is 25.7 Å². The van der Waals surface area contributed by atoms with Crippen LogP contribution in [0.4, 0.5) is 0 Å². The minimum Gasteiger partial charge on any atom is -0.489 e. The summed E-state index contributed by atoms with van der Waals surface area (Å²) in [5.41, 5.74) is 0. The molecule has 1 atom stereocenters. The molecule has 1 heterocycles. The van der Waals surface area contributed by atoms with Crippen LogP contribution < -0.4 is 4.74 Å². The van der Waals surface area contributed by atoms with E-state index in [0.717, 1.165) is 25.4 Å². The summed E-state index contributed by atoms with van der Waals surface area (Å²) in [5.74, 6) is 0.995. The Balaban J connectivity index is 2.31. The Hall–Kier alpha value is -0.540. The maximum absolute atomic E-state index is 5.76. The predicted molar refractivity (Wildman–Crippen MR) is 62.2 cm³/mol. The van der Waals surface area contributed by atoms with Crippen LogP contribution in [-0.2, 0) is 0 Å². The number of rotatable bonds is 6. The standard InChI is InChI=1S/C11H19NOS/c1-4-12(5-2)8-10(3)13-11-6-7-14-9-11/h6-7,9-10H,4-5,8H2,1-3H3. The SMILES string of the molecule is CCN(CC)CC(C)Oc1ccsc1. The number of nitrogens with zero attached hydrogens (tertiary/aromatic N) is 1. The summed E-state index contributed by atoms with van der Waals surface area (Å²) in [7, 11) is 0.